The Labute approximate surface area is 114 Å². The van der Waals surface area contributed by atoms with Crippen molar-refractivity contribution in [2.45, 2.75) is 38.3 Å². The van der Waals surface area contributed by atoms with Crippen molar-refractivity contribution in [3.8, 4) is 0 Å². The second kappa shape index (κ2) is 7.14. The molecule has 0 spiro atoms. The van der Waals surface area contributed by atoms with Gasteiger partial charge in [0.1, 0.15) is 6.61 Å². The van der Waals surface area contributed by atoms with Crippen LogP contribution in [0.5, 0.6) is 0 Å². The number of benzene rings is 1. The number of carbonyl (C=O) groups excluding carboxylic acids is 1. The Morgan fingerprint density at radius 1 is 1.32 bits per heavy atom. The van der Waals surface area contributed by atoms with E-state index in [-0.39, 0.29) is 6.09 Å². The number of carbonyl (C=O) groups is 1. The summed E-state index contributed by atoms with van der Waals surface area (Å²) in [5.41, 5.74) is 6.92. The average Bonchev–Trinajstić information content (AvgIpc) is 2.44. The molecule has 0 heterocycles. The molecule has 0 bridgehead atoms. The van der Waals surface area contributed by atoms with E-state index in [0.717, 1.165) is 31.2 Å². The highest BCUT2D eigenvalue weighted by molar-refractivity contribution is 5.67. The Morgan fingerprint density at radius 2 is 2.11 bits per heavy atom. The van der Waals surface area contributed by atoms with Crippen LogP contribution in [0.1, 0.15) is 31.2 Å². The zero-order valence-electron chi connectivity index (χ0n) is 11.2. The van der Waals surface area contributed by atoms with E-state index in [0.29, 0.717) is 25.1 Å². The second-order valence-corrected chi connectivity index (χ2v) is 5.24. The maximum atomic E-state index is 11.6. The SMILES string of the molecule is N[C@H]1CCC[C@@H](CNC(=O)OCc2ccccc2)C1. The molecule has 4 heteroatoms. The zero-order chi connectivity index (χ0) is 13.5. The fourth-order valence-corrected chi connectivity index (χ4v) is 2.52. The van der Waals surface area contributed by atoms with E-state index in [1.54, 1.807) is 0 Å². The van der Waals surface area contributed by atoms with Crippen LogP contribution in [0.25, 0.3) is 0 Å². The van der Waals surface area contributed by atoms with Gasteiger partial charge in [-0.15, -0.1) is 0 Å². The lowest BCUT2D eigenvalue weighted by atomic mass is 9.86. The van der Waals surface area contributed by atoms with Gasteiger partial charge < -0.3 is 15.8 Å². The van der Waals surface area contributed by atoms with Crippen molar-refractivity contribution in [3.05, 3.63) is 35.9 Å². The maximum Gasteiger partial charge on any atom is 0.407 e. The minimum Gasteiger partial charge on any atom is -0.445 e. The molecule has 1 amide bonds. The average molecular weight is 262 g/mol. The first-order valence-corrected chi connectivity index (χ1v) is 6.94. The van der Waals surface area contributed by atoms with Crippen molar-refractivity contribution in [1.82, 2.24) is 5.32 Å². The largest absolute Gasteiger partial charge is 0.445 e. The number of amides is 1. The van der Waals surface area contributed by atoms with E-state index in [1.165, 1.54) is 0 Å². The number of hydrogen-bond acceptors (Lipinski definition) is 3. The van der Waals surface area contributed by atoms with Gasteiger partial charge in [0.05, 0.1) is 0 Å². The molecule has 2 rings (SSSR count). The molecule has 1 aliphatic carbocycles. The van der Waals surface area contributed by atoms with Gasteiger partial charge >= 0.3 is 6.09 Å². The van der Waals surface area contributed by atoms with Gasteiger partial charge in [-0.1, -0.05) is 36.8 Å². The van der Waals surface area contributed by atoms with Gasteiger partial charge in [0.25, 0.3) is 0 Å². The summed E-state index contributed by atoms with van der Waals surface area (Å²) in [6.45, 7) is 0.984. The monoisotopic (exact) mass is 262 g/mol. The van der Waals surface area contributed by atoms with Crippen LogP contribution in [0.4, 0.5) is 4.79 Å². The van der Waals surface area contributed by atoms with Crippen molar-refractivity contribution in [2.24, 2.45) is 11.7 Å². The van der Waals surface area contributed by atoms with Gasteiger partial charge in [0, 0.05) is 12.6 Å². The van der Waals surface area contributed by atoms with Crippen LogP contribution in [0, 0.1) is 5.92 Å². The normalized spacial score (nSPS) is 22.8. The molecule has 1 fully saturated rings. The zero-order valence-corrected chi connectivity index (χ0v) is 11.2. The van der Waals surface area contributed by atoms with Crippen LogP contribution in [-0.4, -0.2) is 18.7 Å². The predicted molar refractivity (Wildman–Crippen MR) is 74.6 cm³/mol. The summed E-state index contributed by atoms with van der Waals surface area (Å²) in [5, 5.41) is 2.83. The van der Waals surface area contributed by atoms with Gasteiger partial charge in [-0.25, -0.2) is 4.79 Å². The third-order valence-corrected chi connectivity index (χ3v) is 3.57. The minimum absolute atomic E-state index is 0.292. The van der Waals surface area contributed by atoms with Gasteiger partial charge in [0.2, 0.25) is 0 Å². The molecule has 4 nitrogen and oxygen atoms in total. The number of hydrogen-bond donors (Lipinski definition) is 2. The molecule has 0 saturated heterocycles. The molecule has 1 aromatic carbocycles. The molecule has 1 aromatic rings. The summed E-state index contributed by atoms with van der Waals surface area (Å²) in [6.07, 6.45) is 4.07. The van der Waals surface area contributed by atoms with Crippen LogP contribution in [-0.2, 0) is 11.3 Å². The molecule has 0 radical (unpaired) electrons. The minimum atomic E-state index is -0.344. The molecule has 1 saturated carbocycles. The summed E-state index contributed by atoms with van der Waals surface area (Å²) in [7, 11) is 0. The number of nitrogens with one attached hydrogen (secondary N) is 1. The Kier molecular flexibility index (Phi) is 5.21. The molecule has 3 N–H and O–H groups in total. The molecule has 104 valence electrons. The predicted octanol–water partition coefficient (Wildman–Crippen LogP) is 2.43. The molecule has 0 aromatic heterocycles. The first-order valence-electron chi connectivity index (χ1n) is 6.94. The second-order valence-electron chi connectivity index (χ2n) is 5.24. The fourth-order valence-electron chi connectivity index (χ4n) is 2.52. The van der Waals surface area contributed by atoms with Crippen molar-refractivity contribution in [1.29, 1.82) is 0 Å². The maximum absolute atomic E-state index is 11.6. The number of rotatable bonds is 4. The highest BCUT2D eigenvalue weighted by Gasteiger charge is 2.19. The lowest BCUT2D eigenvalue weighted by molar-refractivity contribution is 0.136. The van der Waals surface area contributed by atoms with Gasteiger partial charge in [0.15, 0.2) is 0 Å². The summed E-state index contributed by atoms with van der Waals surface area (Å²) < 4.78 is 5.16. The van der Waals surface area contributed by atoms with Gasteiger partial charge in [-0.05, 0) is 30.7 Å². The van der Waals surface area contributed by atoms with Crippen LogP contribution in [0.15, 0.2) is 30.3 Å². The first kappa shape index (κ1) is 13.9. The van der Waals surface area contributed by atoms with E-state index in [1.807, 2.05) is 30.3 Å². The van der Waals surface area contributed by atoms with Crippen molar-refractivity contribution in [2.75, 3.05) is 6.54 Å². The fraction of sp³-hybridized carbons (Fsp3) is 0.533. The van der Waals surface area contributed by atoms with Crippen LogP contribution in [0.3, 0.4) is 0 Å². The number of ether oxygens (including phenoxy) is 1. The van der Waals surface area contributed by atoms with Crippen molar-refractivity contribution >= 4 is 6.09 Å². The van der Waals surface area contributed by atoms with Crippen LogP contribution >= 0.6 is 0 Å². The van der Waals surface area contributed by atoms with E-state index < -0.39 is 0 Å². The van der Waals surface area contributed by atoms with Crippen LogP contribution < -0.4 is 11.1 Å². The van der Waals surface area contributed by atoms with Gasteiger partial charge in [-0.2, -0.15) is 0 Å². The molecule has 1 aliphatic rings. The highest BCUT2D eigenvalue weighted by Crippen LogP contribution is 2.22. The first-order chi connectivity index (χ1) is 9.24. The summed E-state index contributed by atoms with van der Waals surface area (Å²) >= 11 is 0. The molecule has 19 heavy (non-hydrogen) atoms. The van der Waals surface area contributed by atoms with E-state index >= 15 is 0 Å². The molecule has 0 aliphatic heterocycles. The quantitative estimate of drug-likeness (QED) is 0.876. The lowest BCUT2D eigenvalue weighted by Crippen LogP contribution is -2.35. The third kappa shape index (κ3) is 4.91. The Morgan fingerprint density at radius 3 is 2.84 bits per heavy atom. The Hall–Kier alpha value is -1.55. The van der Waals surface area contributed by atoms with Crippen molar-refractivity contribution in [3.63, 3.8) is 0 Å². The Bertz CT molecular complexity index is 394. The van der Waals surface area contributed by atoms with Gasteiger partial charge in [-0.3, -0.25) is 0 Å². The lowest BCUT2D eigenvalue weighted by Gasteiger charge is -2.26. The van der Waals surface area contributed by atoms with E-state index in [2.05, 4.69) is 5.32 Å². The van der Waals surface area contributed by atoms with Crippen molar-refractivity contribution < 1.29 is 9.53 Å². The standard InChI is InChI=1S/C15H22N2O2/c16-14-8-4-7-13(9-14)10-17-15(18)19-11-12-5-2-1-3-6-12/h1-3,5-6,13-14H,4,7-11,16H2,(H,17,18)/t13-,14+/m1/s1. The summed E-state index contributed by atoms with van der Waals surface area (Å²) in [5.74, 6) is 0.494. The van der Waals surface area contributed by atoms with E-state index in [9.17, 15) is 4.79 Å². The topological polar surface area (TPSA) is 64.3 Å². The highest BCUT2D eigenvalue weighted by atomic mass is 16.5. The number of alkyl carbamates (subject to hydrolysis) is 1. The summed E-state index contributed by atoms with van der Waals surface area (Å²) in [4.78, 5) is 11.6. The smallest absolute Gasteiger partial charge is 0.407 e. The summed E-state index contributed by atoms with van der Waals surface area (Å²) in [6, 6.07) is 9.97. The molecule has 0 unspecified atom stereocenters. The molecule has 2 atom stereocenters. The third-order valence-electron chi connectivity index (χ3n) is 3.57. The van der Waals surface area contributed by atoms with Crippen LogP contribution in [0.2, 0.25) is 0 Å². The van der Waals surface area contributed by atoms with E-state index in [4.69, 9.17) is 10.5 Å². The molecular weight excluding hydrogens is 240 g/mol. The molecular formula is C15H22N2O2. The number of nitrogens with two attached hydrogens (primary N) is 1. The Balaban J connectivity index is 1.64.